The molecular formula is C8H11N3O4S. The number of carboxylic acids is 1. The number of rotatable bonds is 5. The number of carbonyl (C=O) groups excluding carboxylic acids is 1. The van der Waals surface area contributed by atoms with Crippen molar-refractivity contribution in [2.45, 2.75) is 13.5 Å². The van der Waals surface area contributed by atoms with E-state index < -0.39 is 18.6 Å². The van der Waals surface area contributed by atoms with E-state index in [0.29, 0.717) is 0 Å². The van der Waals surface area contributed by atoms with Crippen molar-refractivity contribution in [1.29, 1.82) is 0 Å². The molecule has 0 saturated heterocycles. The number of thiazole rings is 1. The highest BCUT2D eigenvalue weighted by atomic mass is 32.1. The van der Waals surface area contributed by atoms with Crippen molar-refractivity contribution in [1.82, 2.24) is 15.8 Å². The van der Waals surface area contributed by atoms with Gasteiger partial charge in [0.05, 0.1) is 6.54 Å². The van der Waals surface area contributed by atoms with Gasteiger partial charge in [0.15, 0.2) is 6.61 Å². The highest BCUT2D eigenvalue weighted by Crippen LogP contribution is 2.10. The van der Waals surface area contributed by atoms with Crippen LogP contribution in [-0.2, 0) is 16.2 Å². The van der Waals surface area contributed by atoms with Gasteiger partial charge in [0, 0.05) is 11.1 Å². The number of nitrogens with one attached hydrogen (secondary N) is 2. The van der Waals surface area contributed by atoms with Crippen LogP contribution in [0.25, 0.3) is 0 Å². The van der Waals surface area contributed by atoms with E-state index in [4.69, 9.17) is 5.11 Å². The molecule has 0 fully saturated rings. The normalized spacial score (nSPS) is 9.81. The number of aryl methyl sites for hydroxylation is 1. The topological polar surface area (TPSA) is 101 Å². The van der Waals surface area contributed by atoms with Crippen LogP contribution in [0.2, 0.25) is 0 Å². The number of nitrogens with zero attached hydrogens (tertiary/aromatic N) is 1. The van der Waals surface area contributed by atoms with Crippen LogP contribution in [0.15, 0.2) is 6.20 Å². The van der Waals surface area contributed by atoms with Crippen molar-refractivity contribution in [2.75, 3.05) is 6.61 Å². The molecule has 3 N–H and O–H groups in total. The van der Waals surface area contributed by atoms with Crippen molar-refractivity contribution in [3.05, 3.63) is 16.1 Å². The van der Waals surface area contributed by atoms with E-state index in [-0.39, 0.29) is 6.54 Å². The molecule has 1 rings (SSSR count). The lowest BCUT2D eigenvalue weighted by atomic mass is 10.6. The zero-order chi connectivity index (χ0) is 12.0. The number of hydrogen-bond donors (Lipinski definition) is 3. The monoisotopic (exact) mass is 245 g/mol. The van der Waals surface area contributed by atoms with Crippen LogP contribution in [0, 0.1) is 6.92 Å². The lowest BCUT2D eigenvalue weighted by Gasteiger charge is -2.04. The van der Waals surface area contributed by atoms with Gasteiger partial charge in [-0.25, -0.2) is 20.1 Å². The standard InChI is InChI=1S/C8H11N3O4S/c1-5-2-9-6(16-5)3-10-8(14)11-15-4-7(12)13/h2H,3-4H2,1H3,(H,12,13)(H2,10,11,14). The molecule has 0 aromatic carbocycles. The molecule has 1 aromatic rings. The summed E-state index contributed by atoms with van der Waals surface area (Å²) in [6, 6.07) is -0.603. The number of amides is 2. The first kappa shape index (κ1) is 12.4. The molecule has 7 nitrogen and oxygen atoms in total. The third-order valence-corrected chi connectivity index (χ3v) is 2.34. The van der Waals surface area contributed by atoms with Gasteiger partial charge < -0.3 is 10.4 Å². The summed E-state index contributed by atoms with van der Waals surface area (Å²) in [5, 5.41) is 11.5. The third-order valence-electron chi connectivity index (χ3n) is 1.43. The number of hydroxylamine groups is 1. The van der Waals surface area contributed by atoms with Crippen LogP contribution in [-0.4, -0.2) is 28.7 Å². The minimum atomic E-state index is -1.16. The first-order valence-corrected chi connectivity index (χ1v) is 5.18. The Labute approximate surface area is 95.4 Å². The van der Waals surface area contributed by atoms with Gasteiger partial charge in [0.25, 0.3) is 0 Å². The smallest absolute Gasteiger partial charge is 0.339 e. The van der Waals surface area contributed by atoms with Gasteiger partial charge in [-0.3, -0.25) is 4.84 Å². The summed E-state index contributed by atoms with van der Waals surface area (Å²) in [4.78, 5) is 30.6. The fourth-order valence-electron chi connectivity index (χ4n) is 0.839. The number of urea groups is 1. The molecule has 0 atom stereocenters. The van der Waals surface area contributed by atoms with Crippen LogP contribution >= 0.6 is 11.3 Å². The lowest BCUT2D eigenvalue weighted by Crippen LogP contribution is -2.36. The second kappa shape index (κ2) is 6.03. The van der Waals surface area contributed by atoms with Crippen LogP contribution < -0.4 is 10.8 Å². The van der Waals surface area contributed by atoms with E-state index in [1.165, 1.54) is 11.3 Å². The Balaban J connectivity index is 2.17. The largest absolute Gasteiger partial charge is 0.479 e. The van der Waals surface area contributed by atoms with E-state index in [0.717, 1.165) is 9.88 Å². The summed E-state index contributed by atoms with van der Waals surface area (Å²) in [6.45, 7) is 1.61. The summed E-state index contributed by atoms with van der Waals surface area (Å²) in [6.07, 6.45) is 1.71. The molecule has 1 aromatic heterocycles. The van der Waals surface area contributed by atoms with Gasteiger partial charge in [-0.1, -0.05) is 0 Å². The summed E-state index contributed by atoms with van der Waals surface area (Å²) in [5.74, 6) is -1.16. The Morgan fingerprint density at radius 3 is 2.94 bits per heavy atom. The fourth-order valence-corrected chi connectivity index (χ4v) is 1.57. The number of aliphatic carboxylic acids is 1. The molecular weight excluding hydrogens is 234 g/mol. The van der Waals surface area contributed by atoms with Crippen LogP contribution in [0.3, 0.4) is 0 Å². The molecule has 0 bridgehead atoms. The zero-order valence-corrected chi connectivity index (χ0v) is 9.34. The number of hydrogen-bond acceptors (Lipinski definition) is 5. The Hall–Kier alpha value is -1.67. The Morgan fingerprint density at radius 1 is 1.62 bits per heavy atom. The van der Waals surface area contributed by atoms with Crippen molar-refractivity contribution in [3.63, 3.8) is 0 Å². The maximum atomic E-state index is 11.0. The predicted octanol–water partition coefficient (Wildman–Crippen LogP) is 0.267. The maximum Gasteiger partial charge on any atom is 0.339 e. The number of aromatic nitrogens is 1. The molecule has 0 unspecified atom stereocenters. The van der Waals surface area contributed by atoms with Crippen LogP contribution in [0.5, 0.6) is 0 Å². The zero-order valence-electron chi connectivity index (χ0n) is 8.52. The summed E-state index contributed by atoms with van der Waals surface area (Å²) >= 11 is 1.47. The molecule has 0 radical (unpaired) electrons. The van der Waals surface area contributed by atoms with Crippen LogP contribution in [0.4, 0.5) is 4.79 Å². The van der Waals surface area contributed by atoms with Crippen molar-refractivity contribution < 1.29 is 19.5 Å². The molecule has 0 saturated carbocycles. The maximum absolute atomic E-state index is 11.0. The van der Waals surface area contributed by atoms with E-state index in [1.807, 2.05) is 12.4 Å². The van der Waals surface area contributed by atoms with Crippen molar-refractivity contribution >= 4 is 23.3 Å². The first-order chi connectivity index (χ1) is 7.58. The Kier molecular flexibility index (Phi) is 4.67. The molecule has 8 heteroatoms. The van der Waals surface area contributed by atoms with Crippen LogP contribution in [0.1, 0.15) is 9.88 Å². The fraction of sp³-hybridized carbons (Fsp3) is 0.375. The highest BCUT2D eigenvalue weighted by Gasteiger charge is 2.04. The summed E-state index contributed by atoms with van der Waals surface area (Å²) in [7, 11) is 0. The van der Waals surface area contributed by atoms with Gasteiger partial charge in [-0.2, -0.15) is 0 Å². The highest BCUT2D eigenvalue weighted by molar-refractivity contribution is 7.11. The minimum Gasteiger partial charge on any atom is -0.479 e. The molecule has 0 aliphatic carbocycles. The molecule has 1 heterocycles. The van der Waals surface area contributed by atoms with Gasteiger partial charge in [-0.05, 0) is 6.92 Å². The Bertz CT molecular complexity index is 379. The summed E-state index contributed by atoms with van der Waals surface area (Å²) < 4.78 is 0. The van der Waals surface area contributed by atoms with Gasteiger partial charge >= 0.3 is 12.0 Å². The van der Waals surface area contributed by atoms with Gasteiger partial charge in [0.1, 0.15) is 5.01 Å². The van der Waals surface area contributed by atoms with Crippen molar-refractivity contribution in [2.24, 2.45) is 0 Å². The number of carbonyl (C=O) groups is 2. The summed E-state index contributed by atoms with van der Waals surface area (Å²) in [5.41, 5.74) is 1.94. The SMILES string of the molecule is Cc1cnc(CNC(=O)NOCC(=O)O)s1. The predicted molar refractivity (Wildman–Crippen MR) is 55.8 cm³/mol. The van der Waals surface area contributed by atoms with E-state index >= 15 is 0 Å². The van der Waals surface area contributed by atoms with Gasteiger partial charge in [-0.15, -0.1) is 11.3 Å². The number of carboxylic acid groups (broad SMARTS) is 1. The first-order valence-electron chi connectivity index (χ1n) is 4.36. The van der Waals surface area contributed by atoms with E-state index in [2.05, 4.69) is 15.1 Å². The average Bonchev–Trinajstić information content (AvgIpc) is 2.61. The lowest BCUT2D eigenvalue weighted by molar-refractivity contribution is -0.144. The molecule has 0 spiro atoms. The Morgan fingerprint density at radius 2 is 2.38 bits per heavy atom. The quantitative estimate of drug-likeness (QED) is 0.646. The van der Waals surface area contributed by atoms with E-state index in [1.54, 1.807) is 6.20 Å². The second-order valence-electron chi connectivity index (χ2n) is 2.83. The van der Waals surface area contributed by atoms with Crippen molar-refractivity contribution in [3.8, 4) is 0 Å². The minimum absolute atomic E-state index is 0.279. The molecule has 16 heavy (non-hydrogen) atoms. The second-order valence-corrected chi connectivity index (χ2v) is 4.15. The molecule has 0 aliphatic heterocycles. The molecule has 0 aliphatic rings. The van der Waals surface area contributed by atoms with E-state index in [9.17, 15) is 9.59 Å². The third kappa shape index (κ3) is 4.71. The van der Waals surface area contributed by atoms with Gasteiger partial charge in [0.2, 0.25) is 0 Å². The average molecular weight is 245 g/mol. The molecule has 2 amide bonds. The molecule has 88 valence electrons.